The molecule has 2 fully saturated rings. The third-order valence-electron chi connectivity index (χ3n) is 5.94. The zero-order chi connectivity index (χ0) is 23.8. The highest BCUT2D eigenvalue weighted by Crippen LogP contribution is 2.32. The molecule has 33 heavy (non-hydrogen) atoms. The molecule has 1 aliphatic carbocycles. The summed E-state index contributed by atoms with van der Waals surface area (Å²) in [6.45, 7) is 1.58. The Morgan fingerprint density at radius 1 is 1.09 bits per heavy atom. The van der Waals surface area contributed by atoms with Gasteiger partial charge in [0.2, 0.25) is 5.91 Å². The molecule has 2 aromatic rings. The van der Waals surface area contributed by atoms with Crippen LogP contribution in [-0.2, 0) is 16.0 Å². The van der Waals surface area contributed by atoms with Crippen molar-refractivity contribution >= 4 is 11.9 Å². The van der Waals surface area contributed by atoms with Crippen molar-refractivity contribution in [3.05, 3.63) is 60.4 Å². The molecule has 0 radical (unpaired) electrons. The Labute approximate surface area is 190 Å². The molecule has 2 aliphatic rings. The maximum atomic E-state index is 12.7. The van der Waals surface area contributed by atoms with Gasteiger partial charge in [-0.25, -0.2) is 4.79 Å². The summed E-state index contributed by atoms with van der Waals surface area (Å²) in [7, 11) is 0. The first-order valence-corrected chi connectivity index (χ1v) is 10.9. The molecule has 1 aromatic heterocycles. The van der Waals surface area contributed by atoms with Crippen LogP contribution >= 0.6 is 0 Å². The van der Waals surface area contributed by atoms with Gasteiger partial charge >= 0.3 is 12.1 Å². The van der Waals surface area contributed by atoms with E-state index in [4.69, 9.17) is 14.6 Å². The van der Waals surface area contributed by atoms with Crippen LogP contribution in [0.3, 0.4) is 0 Å². The van der Waals surface area contributed by atoms with Gasteiger partial charge in [0.1, 0.15) is 11.9 Å². The van der Waals surface area contributed by atoms with Crippen LogP contribution in [0.1, 0.15) is 31.2 Å². The summed E-state index contributed by atoms with van der Waals surface area (Å²) in [6.07, 6.45) is 3.70. The summed E-state index contributed by atoms with van der Waals surface area (Å²) in [5, 5.41) is 7.12. The molecule has 178 valence electrons. The van der Waals surface area contributed by atoms with Gasteiger partial charge < -0.3 is 14.7 Å². The van der Waals surface area contributed by atoms with Crippen LogP contribution < -0.4 is 4.74 Å². The maximum Gasteiger partial charge on any atom is 0.490 e. The Morgan fingerprint density at radius 2 is 1.79 bits per heavy atom. The van der Waals surface area contributed by atoms with Crippen LogP contribution in [0.25, 0.3) is 0 Å². The van der Waals surface area contributed by atoms with E-state index in [2.05, 4.69) is 34.1 Å². The fraction of sp³-hybridized carbons (Fsp3) is 0.458. The summed E-state index contributed by atoms with van der Waals surface area (Å²) in [6, 6.07) is 14.4. The van der Waals surface area contributed by atoms with E-state index in [1.165, 1.54) is 12.0 Å². The first-order valence-electron chi connectivity index (χ1n) is 10.9. The van der Waals surface area contributed by atoms with E-state index in [1.54, 1.807) is 12.4 Å². The normalized spacial score (nSPS) is 20.8. The van der Waals surface area contributed by atoms with Crippen molar-refractivity contribution in [2.75, 3.05) is 13.1 Å². The largest absolute Gasteiger partial charge is 0.490 e. The highest BCUT2D eigenvalue weighted by atomic mass is 19.4. The number of rotatable bonds is 5. The van der Waals surface area contributed by atoms with Crippen molar-refractivity contribution in [2.45, 2.75) is 44.4 Å². The Hall–Kier alpha value is -3.10. The topological polar surface area (TPSA) is 79.7 Å². The lowest BCUT2D eigenvalue weighted by Crippen LogP contribution is -2.51. The van der Waals surface area contributed by atoms with E-state index in [9.17, 15) is 18.0 Å². The molecule has 1 aromatic carbocycles. The molecule has 0 unspecified atom stereocenters. The average Bonchev–Trinajstić information content (AvgIpc) is 2.75. The van der Waals surface area contributed by atoms with Crippen molar-refractivity contribution in [3.8, 4) is 5.75 Å². The number of carbonyl (C=O) groups is 2. The van der Waals surface area contributed by atoms with E-state index >= 15 is 0 Å². The molecule has 1 saturated carbocycles. The van der Waals surface area contributed by atoms with Crippen molar-refractivity contribution in [2.24, 2.45) is 11.8 Å². The minimum Gasteiger partial charge on any atom is -0.488 e. The minimum atomic E-state index is -5.08. The number of likely N-dealkylation sites (tertiary alicyclic amines) is 1. The summed E-state index contributed by atoms with van der Waals surface area (Å²) in [4.78, 5) is 27.9. The maximum absolute atomic E-state index is 12.7. The number of benzene rings is 1. The van der Waals surface area contributed by atoms with Crippen LogP contribution in [0.5, 0.6) is 5.75 Å². The van der Waals surface area contributed by atoms with Gasteiger partial charge in [-0.1, -0.05) is 36.8 Å². The van der Waals surface area contributed by atoms with Crippen LogP contribution in [0.15, 0.2) is 54.9 Å². The molecular weight excluding hydrogens is 437 g/mol. The number of piperidine rings is 1. The van der Waals surface area contributed by atoms with Crippen molar-refractivity contribution < 1.29 is 32.6 Å². The van der Waals surface area contributed by atoms with Gasteiger partial charge in [0.05, 0.1) is 6.20 Å². The number of carbonyl (C=O) groups excluding carboxylic acids is 1. The molecule has 1 amide bonds. The monoisotopic (exact) mass is 464 g/mol. The van der Waals surface area contributed by atoms with Gasteiger partial charge in [0.15, 0.2) is 0 Å². The van der Waals surface area contributed by atoms with Crippen LogP contribution in [0, 0.1) is 11.8 Å². The Morgan fingerprint density at radius 3 is 2.33 bits per heavy atom. The first kappa shape index (κ1) is 24.5. The molecule has 9 heteroatoms. The standard InChI is InChI=1S/C22H26N2O2.C2HF3O2/c25-22(18-8-4-9-18)24-13-11-21(26-20-10-5-12-23-15-20)19(16-24)14-17-6-2-1-3-7-17;3-2(4,5)1(6)7/h1-3,5-7,10,12,15,18-19,21H,4,8-9,11,13-14,16H2;(H,6,7)/t19-,21+;/m0./s1. The van der Waals surface area contributed by atoms with Crippen molar-refractivity contribution in [1.29, 1.82) is 0 Å². The van der Waals surface area contributed by atoms with Crippen LogP contribution in [-0.4, -0.2) is 52.2 Å². The minimum absolute atomic E-state index is 0.116. The number of alkyl halides is 3. The number of ether oxygens (including phenoxy) is 1. The zero-order valence-electron chi connectivity index (χ0n) is 18.1. The third kappa shape index (κ3) is 7.20. The second-order valence-corrected chi connectivity index (χ2v) is 8.30. The molecule has 0 bridgehead atoms. The molecule has 2 heterocycles. The molecule has 0 spiro atoms. The van der Waals surface area contributed by atoms with E-state index in [0.29, 0.717) is 11.8 Å². The number of nitrogens with zero attached hydrogens (tertiary/aromatic N) is 2. The SMILES string of the molecule is O=C(C1CCC1)N1CC[C@@H](Oc2cccnc2)[C@@H](Cc2ccccc2)C1.O=C(O)C(F)(F)F. The third-order valence-corrected chi connectivity index (χ3v) is 5.94. The summed E-state index contributed by atoms with van der Waals surface area (Å²) >= 11 is 0. The molecule has 1 N–H and O–H groups in total. The number of aliphatic carboxylic acids is 1. The lowest BCUT2D eigenvalue weighted by molar-refractivity contribution is -0.192. The van der Waals surface area contributed by atoms with Crippen molar-refractivity contribution in [1.82, 2.24) is 9.88 Å². The van der Waals surface area contributed by atoms with Gasteiger partial charge in [-0.3, -0.25) is 9.78 Å². The second kappa shape index (κ2) is 11.2. The van der Waals surface area contributed by atoms with Crippen LogP contribution in [0.2, 0.25) is 0 Å². The summed E-state index contributed by atoms with van der Waals surface area (Å²) in [5.74, 6) is -1.02. The number of halogens is 3. The van der Waals surface area contributed by atoms with Gasteiger partial charge in [0, 0.05) is 37.5 Å². The molecule has 1 aliphatic heterocycles. The Bertz CT molecular complexity index is 905. The number of pyridine rings is 1. The lowest BCUT2D eigenvalue weighted by atomic mass is 9.82. The lowest BCUT2D eigenvalue weighted by Gasteiger charge is -2.41. The zero-order valence-corrected chi connectivity index (χ0v) is 18.1. The molecular formula is C24H27F3N2O4. The number of carboxylic acids is 1. The summed E-state index contributed by atoms with van der Waals surface area (Å²) < 4.78 is 38.0. The highest BCUT2D eigenvalue weighted by Gasteiger charge is 2.38. The average molecular weight is 464 g/mol. The number of amides is 1. The predicted molar refractivity (Wildman–Crippen MR) is 115 cm³/mol. The van der Waals surface area contributed by atoms with Gasteiger partial charge in [0.25, 0.3) is 0 Å². The Balaban J connectivity index is 0.000000383. The second-order valence-electron chi connectivity index (χ2n) is 8.30. The number of hydrogen-bond acceptors (Lipinski definition) is 4. The predicted octanol–water partition coefficient (Wildman–Crippen LogP) is 4.35. The number of aromatic nitrogens is 1. The molecule has 4 rings (SSSR count). The first-order chi connectivity index (χ1) is 15.7. The van der Waals surface area contributed by atoms with Gasteiger partial charge in [-0.2, -0.15) is 13.2 Å². The van der Waals surface area contributed by atoms with E-state index in [-0.39, 0.29) is 12.0 Å². The molecule has 1 saturated heterocycles. The number of hydrogen-bond donors (Lipinski definition) is 1. The fourth-order valence-corrected chi connectivity index (χ4v) is 3.98. The molecule has 2 atom stereocenters. The van der Waals surface area contributed by atoms with Crippen LogP contribution in [0.4, 0.5) is 13.2 Å². The van der Waals surface area contributed by atoms with E-state index in [1.807, 2.05) is 18.2 Å². The van der Waals surface area contributed by atoms with E-state index in [0.717, 1.165) is 44.5 Å². The van der Waals surface area contributed by atoms with E-state index < -0.39 is 12.1 Å². The van der Waals surface area contributed by atoms with Gasteiger partial charge in [-0.05, 0) is 37.0 Å². The quantitative estimate of drug-likeness (QED) is 0.712. The number of carboxylic acid groups (broad SMARTS) is 1. The summed E-state index contributed by atoms with van der Waals surface area (Å²) in [5.41, 5.74) is 1.30. The molecule has 6 nitrogen and oxygen atoms in total. The fourth-order valence-electron chi connectivity index (χ4n) is 3.98. The smallest absolute Gasteiger partial charge is 0.488 e. The highest BCUT2D eigenvalue weighted by molar-refractivity contribution is 5.79. The van der Waals surface area contributed by atoms with Gasteiger partial charge in [-0.15, -0.1) is 0 Å². The van der Waals surface area contributed by atoms with Crippen molar-refractivity contribution in [3.63, 3.8) is 0 Å². The Kier molecular flexibility index (Phi) is 8.30.